The standard InChI is InChI=1S/C27H24N4O3S/c1-16-15-20(17(2)30(16)19-12-10-18(11-13-19)26(33)34)25-24(21-7-5-6-14-28-21)29-27(35)31(25)22-8-3-4-9-23(22)32/h3-15,24-25,32H,1-2H3,(H,29,35)(H,33,34)/t24-,25+/m0/s1. The van der Waals surface area contributed by atoms with Gasteiger partial charge in [-0.15, -0.1) is 0 Å². The van der Waals surface area contributed by atoms with E-state index < -0.39 is 5.97 Å². The van der Waals surface area contributed by atoms with E-state index in [1.54, 1.807) is 30.5 Å². The van der Waals surface area contributed by atoms with Crippen molar-refractivity contribution in [3.8, 4) is 11.4 Å². The molecule has 8 heteroatoms. The normalized spacial score (nSPS) is 17.4. The Bertz CT molecular complexity index is 1420. The van der Waals surface area contributed by atoms with Gasteiger partial charge in [0, 0.05) is 23.3 Å². The number of nitrogens with one attached hydrogen (secondary N) is 1. The third-order valence-corrected chi connectivity index (χ3v) is 6.72. The zero-order valence-corrected chi connectivity index (χ0v) is 20.0. The molecule has 0 amide bonds. The van der Waals surface area contributed by atoms with Crippen molar-refractivity contribution < 1.29 is 15.0 Å². The number of benzene rings is 2. The molecule has 176 valence electrons. The summed E-state index contributed by atoms with van der Waals surface area (Å²) in [5.41, 5.74) is 5.57. The molecule has 2 aromatic heterocycles. The lowest BCUT2D eigenvalue weighted by molar-refractivity contribution is 0.0697. The van der Waals surface area contributed by atoms with Crippen molar-refractivity contribution in [1.29, 1.82) is 0 Å². The first-order valence-corrected chi connectivity index (χ1v) is 11.6. The maximum Gasteiger partial charge on any atom is 0.335 e. The number of pyridine rings is 1. The van der Waals surface area contributed by atoms with Gasteiger partial charge < -0.3 is 25.0 Å². The quantitative estimate of drug-likeness (QED) is 0.341. The molecule has 3 heterocycles. The van der Waals surface area contributed by atoms with E-state index in [9.17, 15) is 15.0 Å². The highest BCUT2D eigenvalue weighted by atomic mass is 32.1. The lowest BCUT2D eigenvalue weighted by Crippen LogP contribution is -2.29. The highest BCUT2D eigenvalue weighted by molar-refractivity contribution is 7.80. The smallest absolute Gasteiger partial charge is 0.335 e. The van der Waals surface area contributed by atoms with Crippen LogP contribution in [0, 0.1) is 13.8 Å². The molecule has 0 bridgehead atoms. The summed E-state index contributed by atoms with van der Waals surface area (Å²) < 4.78 is 2.10. The Morgan fingerprint density at radius 3 is 2.40 bits per heavy atom. The minimum absolute atomic E-state index is 0.140. The van der Waals surface area contributed by atoms with Crippen molar-refractivity contribution in [3.05, 3.63) is 107 Å². The van der Waals surface area contributed by atoms with Crippen molar-refractivity contribution in [3.63, 3.8) is 0 Å². The lowest BCUT2D eigenvalue weighted by atomic mass is 9.96. The summed E-state index contributed by atoms with van der Waals surface area (Å²) in [5.74, 6) is -0.818. The number of anilines is 1. The summed E-state index contributed by atoms with van der Waals surface area (Å²) in [6, 6.07) is 21.4. The molecule has 0 unspecified atom stereocenters. The molecule has 5 rings (SSSR count). The Hall–Kier alpha value is -4.17. The van der Waals surface area contributed by atoms with Crippen molar-refractivity contribution in [2.45, 2.75) is 25.9 Å². The van der Waals surface area contributed by atoms with E-state index in [0.717, 1.165) is 28.3 Å². The zero-order chi connectivity index (χ0) is 24.7. The molecule has 7 nitrogen and oxygen atoms in total. The number of carboxylic acids is 1. The number of aromatic carboxylic acids is 1. The molecule has 2 aromatic carbocycles. The second-order valence-corrected chi connectivity index (χ2v) is 8.89. The number of carboxylic acid groups (broad SMARTS) is 1. The van der Waals surface area contributed by atoms with Gasteiger partial charge in [-0.3, -0.25) is 4.98 Å². The van der Waals surface area contributed by atoms with Gasteiger partial charge in [0.1, 0.15) is 5.75 Å². The molecule has 0 aliphatic carbocycles. The van der Waals surface area contributed by atoms with Gasteiger partial charge in [0.15, 0.2) is 5.11 Å². The van der Waals surface area contributed by atoms with Gasteiger partial charge in [0.2, 0.25) is 0 Å². The van der Waals surface area contributed by atoms with Crippen LogP contribution >= 0.6 is 12.2 Å². The number of nitrogens with zero attached hydrogens (tertiary/aromatic N) is 3. The van der Waals surface area contributed by atoms with E-state index in [2.05, 4.69) is 20.9 Å². The van der Waals surface area contributed by atoms with Crippen molar-refractivity contribution in [2.24, 2.45) is 0 Å². The Morgan fingerprint density at radius 2 is 1.74 bits per heavy atom. The number of aryl methyl sites for hydroxylation is 1. The SMILES string of the molecule is Cc1cc([C@@H]2[C@H](c3ccccn3)NC(=S)N2c2ccccc2O)c(C)n1-c1ccc(C(=O)O)cc1. The summed E-state index contributed by atoms with van der Waals surface area (Å²) in [7, 11) is 0. The molecule has 1 saturated heterocycles. The molecular weight excluding hydrogens is 460 g/mol. The third-order valence-electron chi connectivity index (χ3n) is 6.40. The van der Waals surface area contributed by atoms with Crippen LogP contribution in [0.3, 0.4) is 0 Å². The minimum atomic E-state index is -0.958. The predicted molar refractivity (Wildman–Crippen MR) is 138 cm³/mol. The minimum Gasteiger partial charge on any atom is -0.506 e. The Morgan fingerprint density at radius 1 is 1.03 bits per heavy atom. The molecule has 0 saturated carbocycles. The molecule has 0 radical (unpaired) electrons. The van der Waals surface area contributed by atoms with E-state index in [-0.39, 0.29) is 23.4 Å². The van der Waals surface area contributed by atoms with E-state index in [1.165, 1.54) is 0 Å². The fraction of sp³-hybridized carbons (Fsp3) is 0.148. The molecule has 4 aromatic rings. The number of hydrogen-bond donors (Lipinski definition) is 3. The van der Waals surface area contributed by atoms with Crippen molar-refractivity contribution >= 4 is 29.0 Å². The molecule has 35 heavy (non-hydrogen) atoms. The topological polar surface area (TPSA) is 90.6 Å². The van der Waals surface area contributed by atoms with Crippen LogP contribution in [0.25, 0.3) is 5.69 Å². The summed E-state index contributed by atoms with van der Waals surface area (Å²) in [6.45, 7) is 4.05. The van der Waals surface area contributed by atoms with Crippen LogP contribution in [0.4, 0.5) is 5.69 Å². The van der Waals surface area contributed by atoms with Gasteiger partial charge in [0.25, 0.3) is 0 Å². The fourth-order valence-corrected chi connectivity index (χ4v) is 5.17. The van der Waals surface area contributed by atoms with Crippen LogP contribution < -0.4 is 10.2 Å². The zero-order valence-electron chi connectivity index (χ0n) is 19.2. The van der Waals surface area contributed by atoms with Gasteiger partial charge in [-0.1, -0.05) is 18.2 Å². The van der Waals surface area contributed by atoms with Crippen LogP contribution in [-0.4, -0.2) is 30.8 Å². The Balaban J connectivity index is 1.67. The van der Waals surface area contributed by atoms with Gasteiger partial charge in [-0.2, -0.15) is 0 Å². The number of phenolic OH excluding ortho intramolecular Hbond substituents is 1. The number of thiocarbonyl (C=S) groups is 1. The Labute approximate surface area is 208 Å². The van der Waals surface area contributed by atoms with Crippen molar-refractivity contribution in [1.82, 2.24) is 14.9 Å². The summed E-state index contributed by atoms with van der Waals surface area (Å²) in [5, 5.41) is 23.9. The monoisotopic (exact) mass is 484 g/mol. The lowest BCUT2D eigenvalue weighted by Gasteiger charge is -2.28. The molecule has 3 N–H and O–H groups in total. The van der Waals surface area contributed by atoms with Crippen LogP contribution in [0.2, 0.25) is 0 Å². The highest BCUT2D eigenvalue weighted by Gasteiger charge is 2.43. The number of hydrogen-bond acceptors (Lipinski definition) is 4. The molecule has 1 fully saturated rings. The molecule has 2 atom stereocenters. The van der Waals surface area contributed by atoms with E-state index in [0.29, 0.717) is 10.8 Å². The van der Waals surface area contributed by atoms with E-state index in [1.807, 2.05) is 61.2 Å². The largest absolute Gasteiger partial charge is 0.506 e. The van der Waals surface area contributed by atoms with Crippen LogP contribution in [0.5, 0.6) is 5.75 Å². The predicted octanol–water partition coefficient (Wildman–Crippen LogP) is 5.07. The summed E-state index contributed by atoms with van der Waals surface area (Å²) >= 11 is 5.76. The maximum absolute atomic E-state index is 11.3. The molecule has 1 aliphatic heterocycles. The van der Waals surface area contributed by atoms with Crippen LogP contribution in [0.1, 0.15) is 45.1 Å². The number of rotatable bonds is 5. The molecular formula is C27H24N4O3S. The number of phenols is 1. The summed E-state index contributed by atoms with van der Waals surface area (Å²) in [4.78, 5) is 17.8. The highest BCUT2D eigenvalue weighted by Crippen LogP contribution is 2.45. The maximum atomic E-state index is 11.3. The first-order valence-electron chi connectivity index (χ1n) is 11.2. The van der Waals surface area contributed by atoms with Crippen LogP contribution in [0.15, 0.2) is 79.0 Å². The van der Waals surface area contributed by atoms with Gasteiger partial charge in [-0.25, -0.2) is 4.79 Å². The first-order chi connectivity index (χ1) is 16.9. The second kappa shape index (κ2) is 8.88. The number of para-hydroxylation sites is 2. The first kappa shape index (κ1) is 22.6. The average molecular weight is 485 g/mol. The fourth-order valence-electron chi connectivity index (χ4n) is 4.84. The number of aromatic hydroxyl groups is 1. The van der Waals surface area contributed by atoms with Gasteiger partial charge in [0.05, 0.1) is 29.0 Å². The third kappa shape index (κ3) is 3.91. The average Bonchev–Trinajstić information content (AvgIpc) is 3.35. The second-order valence-electron chi connectivity index (χ2n) is 8.50. The van der Waals surface area contributed by atoms with Gasteiger partial charge >= 0.3 is 5.97 Å². The Kier molecular flexibility index (Phi) is 5.74. The molecule has 0 spiro atoms. The summed E-state index contributed by atoms with van der Waals surface area (Å²) in [6.07, 6.45) is 1.76. The number of aromatic nitrogens is 2. The van der Waals surface area contributed by atoms with E-state index in [4.69, 9.17) is 12.2 Å². The van der Waals surface area contributed by atoms with Crippen molar-refractivity contribution in [2.75, 3.05) is 4.90 Å². The molecule has 1 aliphatic rings. The van der Waals surface area contributed by atoms with Crippen LogP contribution in [-0.2, 0) is 0 Å². The number of carbonyl (C=O) groups is 1. The van der Waals surface area contributed by atoms with Gasteiger partial charge in [-0.05, 0) is 86.2 Å². The van der Waals surface area contributed by atoms with E-state index >= 15 is 0 Å².